The second-order valence-electron chi connectivity index (χ2n) is 15.8. The SMILES string of the molecule is CC1(C)[C@@H]2CC[C@@]1(C)c1[nH]n(-c3ccc(F)cc3F)c(=O)c12.CCOC(=O)Cn1c2c(c(=O)n1-c1ccc(F)cc1F)[C@H]1CC[C@]2(C)C1(C)C. The number of rotatable bonds is 5. The van der Waals surface area contributed by atoms with Crippen molar-refractivity contribution in [2.24, 2.45) is 10.8 Å². The number of hydrogen-bond donors (Lipinski definition) is 1. The predicted molar refractivity (Wildman–Crippen MR) is 179 cm³/mol. The standard InChI is InChI=1S/C21H24F2N2O3.C17H18F2N2O/c1-5-28-16(26)11-24-18-17(13-8-9-21(18,4)20(13,2)3)19(27)25(24)15-7-6-12(22)10-14(15)23;1-16(2)10-6-7-17(16,3)14-13(10)15(22)21(20-14)12-5-4-9(18)8-11(12)19/h6-7,10,13H,5,8-9,11H2,1-4H3;4-5,8,10,20H,6-7H2,1-3H3/t13-,21+;10-,17+/m11/s1. The maximum absolute atomic E-state index is 14.6. The Bertz CT molecular complexity index is 2190. The van der Waals surface area contributed by atoms with Crippen molar-refractivity contribution in [2.45, 2.75) is 103 Å². The zero-order valence-electron chi connectivity index (χ0n) is 29.3. The molecule has 2 aromatic heterocycles. The van der Waals surface area contributed by atoms with Crippen LogP contribution in [0.5, 0.6) is 0 Å². The number of nitrogens with one attached hydrogen (secondary N) is 1. The van der Waals surface area contributed by atoms with E-state index in [1.54, 1.807) is 11.6 Å². The highest BCUT2D eigenvalue weighted by Crippen LogP contribution is 2.68. The number of H-pyrrole nitrogens is 1. The number of aromatic amines is 1. The minimum atomic E-state index is -0.847. The number of fused-ring (bicyclic) bond motifs is 10. The third kappa shape index (κ3) is 4.38. The van der Waals surface area contributed by atoms with Gasteiger partial charge in [-0.15, -0.1) is 0 Å². The van der Waals surface area contributed by atoms with Gasteiger partial charge in [-0.2, -0.15) is 0 Å². The summed E-state index contributed by atoms with van der Waals surface area (Å²) in [4.78, 5) is 38.5. The summed E-state index contributed by atoms with van der Waals surface area (Å²) in [5.41, 5.74) is 2.03. The van der Waals surface area contributed by atoms with Crippen molar-refractivity contribution >= 4 is 5.97 Å². The van der Waals surface area contributed by atoms with Crippen molar-refractivity contribution in [3.63, 3.8) is 0 Å². The van der Waals surface area contributed by atoms with Gasteiger partial charge in [0.2, 0.25) is 0 Å². The van der Waals surface area contributed by atoms with Crippen LogP contribution in [0.15, 0.2) is 46.0 Å². The molecule has 8 nitrogen and oxygen atoms in total. The molecule has 0 spiro atoms. The van der Waals surface area contributed by atoms with Crippen LogP contribution in [0.25, 0.3) is 11.4 Å². The molecule has 0 aliphatic heterocycles. The Morgan fingerprint density at radius 3 is 1.90 bits per heavy atom. The molecular weight excluding hydrogens is 652 g/mol. The second-order valence-corrected chi connectivity index (χ2v) is 15.8. The normalized spacial score (nSPS) is 26.1. The van der Waals surface area contributed by atoms with Crippen LogP contribution in [0.4, 0.5) is 17.6 Å². The highest BCUT2D eigenvalue weighted by atomic mass is 19.1. The minimum absolute atomic E-state index is 0.0216. The fraction of sp³-hybridized carbons (Fsp3) is 0.500. The number of halogens is 4. The maximum Gasteiger partial charge on any atom is 0.327 e. The Morgan fingerprint density at radius 2 is 1.34 bits per heavy atom. The van der Waals surface area contributed by atoms with E-state index in [2.05, 4.69) is 46.6 Å². The summed E-state index contributed by atoms with van der Waals surface area (Å²) < 4.78 is 64.1. The van der Waals surface area contributed by atoms with Gasteiger partial charge in [-0.1, -0.05) is 41.5 Å². The average Bonchev–Trinajstić information content (AvgIpc) is 3.75. The Labute approximate surface area is 287 Å². The highest BCUT2D eigenvalue weighted by Gasteiger charge is 2.63. The molecule has 4 aromatic rings. The molecule has 0 unspecified atom stereocenters. The van der Waals surface area contributed by atoms with Gasteiger partial charge in [-0.3, -0.25) is 24.2 Å². The molecular formula is C38H42F4N4O4. The monoisotopic (exact) mass is 694 g/mol. The van der Waals surface area contributed by atoms with Crippen LogP contribution < -0.4 is 11.1 Å². The number of carbonyl (C=O) groups is 1. The number of aromatic nitrogens is 4. The van der Waals surface area contributed by atoms with Crippen LogP contribution >= 0.6 is 0 Å². The van der Waals surface area contributed by atoms with Crippen molar-refractivity contribution in [2.75, 3.05) is 6.61 Å². The largest absolute Gasteiger partial charge is 0.465 e. The van der Waals surface area contributed by atoms with Gasteiger partial charge in [0.05, 0.1) is 12.3 Å². The molecule has 2 heterocycles. The molecule has 4 bridgehead atoms. The van der Waals surface area contributed by atoms with Crippen LogP contribution in [0.1, 0.15) is 109 Å². The third-order valence-corrected chi connectivity index (χ3v) is 13.2. The van der Waals surface area contributed by atoms with E-state index >= 15 is 0 Å². The Balaban J connectivity index is 0.000000161. The number of carbonyl (C=O) groups excluding carboxylic acids is 1. The zero-order chi connectivity index (χ0) is 36.3. The minimum Gasteiger partial charge on any atom is -0.465 e. The van der Waals surface area contributed by atoms with Crippen LogP contribution in [0.2, 0.25) is 0 Å². The fourth-order valence-corrected chi connectivity index (χ4v) is 9.74. The van der Waals surface area contributed by atoms with Crippen LogP contribution in [-0.4, -0.2) is 31.7 Å². The molecule has 2 aromatic carbocycles. The third-order valence-electron chi connectivity index (χ3n) is 13.2. The first-order valence-electron chi connectivity index (χ1n) is 17.2. The first-order chi connectivity index (χ1) is 23.4. The van der Waals surface area contributed by atoms with Gasteiger partial charge in [0, 0.05) is 39.8 Å². The predicted octanol–water partition coefficient (Wildman–Crippen LogP) is 7.27. The Hall–Kier alpha value is -4.35. The quantitative estimate of drug-likeness (QED) is 0.176. The molecule has 8 rings (SSSR count). The summed E-state index contributed by atoms with van der Waals surface area (Å²) >= 11 is 0. The Kier molecular flexibility index (Phi) is 7.56. The summed E-state index contributed by atoms with van der Waals surface area (Å²) in [6.07, 6.45) is 3.76. The summed E-state index contributed by atoms with van der Waals surface area (Å²) in [7, 11) is 0. The van der Waals surface area contributed by atoms with Crippen molar-refractivity contribution in [1.82, 2.24) is 19.1 Å². The van der Waals surface area contributed by atoms with E-state index < -0.39 is 29.2 Å². The van der Waals surface area contributed by atoms with Gasteiger partial charge in [0.25, 0.3) is 11.1 Å². The first kappa shape index (κ1) is 34.1. The maximum atomic E-state index is 14.6. The lowest BCUT2D eigenvalue weighted by Gasteiger charge is -2.36. The van der Waals surface area contributed by atoms with E-state index in [1.165, 1.54) is 21.5 Å². The van der Waals surface area contributed by atoms with Crippen molar-refractivity contribution in [3.8, 4) is 11.4 Å². The van der Waals surface area contributed by atoms with Crippen molar-refractivity contribution in [1.29, 1.82) is 0 Å². The number of esters is 1. The molecule has 266 valence electrons. The van der Waals surface area contributed by atoms with E-state index in [0.29, 0.717) is 5.56 Å². The van der Waals surface area contributed by atoms with Crippen LogP contribution in [0.3, 0.4) is 0 Å². The molecule has 12 heteroatoms. The van der Waals surface area contributed by atoms with Crippen molar-refractivity contribution in [3.05, 3.63) is 103 Å². The lowest BCUT2D eigenvalue weighted by molar-refractivity contribution is -0.144. The van der Waals surface area contributed by atoms with E-state index in [-0.39, 0.29) is 69.1 Å². The van der Waals surface area contributed by atoms with E-state index in [1.807, 2.05) is 0 Å². The van der Waals surface area contributed by atoms with Crippen LogP contribution in [-0.2, 0) is 26.9 Å². The molecule has 4 aliphatic rings. The van der Waals surface area contributed by atoms with E-state index in [0.717, 1.165) is 66.9 Å². The van der Waals surface area contributed by atoms with Gasteiger partial charge in [0.15, 0.2) is 11.6 Å². The lowest BCUT2D eigenvalue weighted by Crippen LogP contribution is -2.37. The molecule has 2 fully saturated rings. The summed E-state index contributed by atoms with van der Waals surface area (Å²) in [5, 5.41) is 3.11. The molecule has 0 saturated heterocycles. The van der Waals surface area contributed by atoms with Gasteiger partial charge < -0.3 is 4.74 Å². The number of hydrogen-bond acceptors (Lipinski definition) is 4. The highest BCUT2D eigenvalue weighted by molar-refractivity contribution is 5.69. The van der Waals surface area contributed by atoms with Gasteiger partial charge in [-0.05, 0) is 79.5 Å². The van der Waals surface area contributed by atoms with Gasteiger partial charge in [-0.25, -0.2) is 26.9 Å². The van der Waals surface area contributed by atoms with E-state index in [9.17, 15) is 31.9 Å². The average molecular weight is 695 g/mol. The zero-order valence-corrected chi connectivity index (χ0v) is 29.3. The number of benzene rings is 2. The lowest BCUT2D eigenvalue weighted by atomic mass is 9.70. The molecule has 4 atom stereocenters. The second kappa shape index (κ2) is 11.1. The summed E-state index contributed by atoms with van der Waals surface area (Å²) in [5.74, 6) is -3.22. The summed E-state index contributed by atoms with van der Waals surface area (Å²) in [6.45, 7) is 14.7. The molecule has 0 radical (unpaired) electrons. The molecule has 1 N–H and O–H groups in total. The van der Waals surface area contributed by atoms with Gasteiger partial charge >= 0.3 is 5.97 Å². The van der Waals surface area contributed by atoms with Crippen molar-refractivity contribution < 1.29 is 27.1 Å². The fourth-order valence-electron chi connectivity index (χ4n) is 9.74. The molecule has 2 saturated carbocycles. The molecule has 4 aliphatic carbocycles. The molecule has 0 amide bonds. The smallest absolute Gasteiger partial charge is 0.327 e. The topological polar surface area (TPSA) is 91.0 Å². The summed E-state index contributed by atoms with van der Waals surface area (Å²) in [6, 6.07) is 6.35. The molecule has 50 heavy (non-hydrogen) atoms. The van der Waals surface area contributed by atoms with E-state index in [4.69, 9.17) is 4.74 Å². The first-order valence-corrected chi connectivity index (χ1v) is 17.2. The van der Waals surface area contributed by atoms with Gasteiger partial charge in [0.1, 0.15) is 29.6 Å². The van der Waals surface area contributed by atoms with Crippen LogP contribution in [0, 0.1) is 34.1 Å². The number of ether oxygens (including phenoxy) is 1. The Morgan fingerprint density at radius 1 is 0.800 bits per heavy atom. The number of nitrogens with zero attached hydrogens (tertiary/aromatic N) is 3.